The van der Waals surface area contributed by atoms with Crippen molar-refractivity contribution >= 4 is 22.6 Å². The Morgan fingerprint density at radius 2 is 1.32 bits per heavy atom. The van der Waals surface area contributed by atoms with E-state index in [1.54, 1.807) is 30.3 Å². The van der Waals surface area contributed by atoms with Crippen LogP contribution in [0.25, 0.3) is 0 Å². The summed E-state index contributed by atoms with van der Waals surface area (Å²) in [5, 5.41) is 0. The van der Waals surface area contributed by atoms with Crippen molar-refractivity contribution in [1.29, 1.82) is 0 Å². The molecule has 2 fully saturated rings. The Hall–Kier alpha value is -1.12. The van der Waals surface area contributed by atoms with Crippen LogP contribution in [0, 0.1) is 0 Å². The number of alkyl halides is 14. The first kappa shape index (κ1) is 33.4. The molecule has 230 valence electrons. The molecule has 2 saturated heterocycles. The first-order valence-electron chi connectivity index (χ1n) is 11.2. The molecule has 5 atom stereocenters. The maximum absolute atomic E-state index is 14.6. The molecule has 0 spiro atoms. The molecule has 1 aromatic carbocycles. The Bertz CT molecular complexity index is 1040. The van der Waals surface area contributed by atoms with Gasteiger partial charge in [-0.1, -0.05) is 52.9 Å². The van der Waals surface area contributed by atoms with E-state index in [9.17, 15) is 57.1 Å². The van der Waals surface area contributed by atoms with Crippen LogP contribution >= 0.6 is 22.6 Å². The minimum Gasteiger partial charge on any atom is -0.368 e. The lowest BCUT2D eigenvalue weighted by Crippen LogP contribution is -2.70. The largest absolute Gasteiger partial charge is 0.460 e. The zero-order valence-electron chi connectivity index (χ0n) is 20.1. The van der Waals surface area contributed by atoms with Gasteiger partial charge >= 0.3 is 35.8 Å². The third-order valence-corrected chi connectivity index (χ3v) is 7.27. The summed E-state index contributed by atoms with van der Waals surface area (Å²) >= 11 is 1.04. The van der Waals surface area contributed by atoms with Crippen LogP contribution in [0.2, 0.25) is 0 Å². The number of rotatable bonds is 10. The zero-order chi connectivity index (χ0) is 30.7. The average molecular weight is 722 g/mol. The summed E-state index contributed by atoms with van der Waals surface area (Å²) in [6.45, 7) is 2.66. The number of hydrogen-bond acceptors (Lipinski definition) is 4. The van der Waals surface area contributed by atoms with Crippen LogP contribution in [0.5, 0.6) is 0 Å². The molecule has 2 heterocycles. The highest BCUT2D eigenvalue weighted by atomic mass is 127. The minimum absolute atomic E-state index is 0.217. The summed E-state index contributed by atoms with van der Waals surface area (Å²) in [4.78, 5) is 0. The SMILES string of the molecule is CC1(C)O[C@H]2O[C@H](C(I)CC(F)(F)C(F)(F)C(F)(F)C(F)(F)C(F)(F)C(F)(F)F)[C@H](OCc3ccccc3)[C@H]2O1. The summed E-state index contributed by atoms with van der Waals surface area (Å²) in [5.74, 6) is -38.5. The quantitative estimate of drug-likeness (QED) is 0.144. The fourth-order valence-corrected chi connectivity index (χ4v) is 5.17. The first-order valence-corrected chi connectivity index (χ1v) is 12.4. The van der Waals surface area contributed by atoms with Gasteiger partial charge in [-0.05, 0) is 19.4 Å². The van der Waals surface area contributed by atoms with Gasteiger partial charge < -0.3 is 18.9 Å². The topological polar surface area (TPSA) is 36.9 Å². The van der Waals surface area contributed by atoms with Crippen molar-refractivity contribution in [3.05, 3.63) is 35.9 Å². The standard InChI is InChI=1S/C22H20F13IO4/c1-16(2)39-14-13(37-9-10-6-4-3-5-7-10)12(38-15(14)40-16)11(36)8-17(23,24)18(25,26)19(27,28)20(29,30)21(31,32)22(33,34)35/h3-7,11-15H,8-9H2,1-2H3/t11?,12-,13+,14-,15-/m1/s1. The number of hydrogen-bond donors (Lipinski definition) is 0. The van der Waals surface area contributed by atoms with Crippen LogP contribution in [-0.2, 0) is 25.6 Å². The molecule has 1 aromatic rings. The van der Waals surface area contributed by atoms with Gasteiger partial charge in [-0.3, -0.25) is 0 Å². The maximum Gasteiger partial charge on any atom is 0.460 e. The normalized spacial score (nSPS) is 27.1. The van der Waals surface area contributed by atoms with E-state index in [-0.39, 0.29) is 6.61 Å². The van der Waals surface area contributed by atoms with Gasteiger partial charge in [0.15, 0.2) is 12.1 Å². The average Bonchev–Trinajstić information content (AvgIpc) is 3.28. The molecule has 40 heavy (non-hydrogen) atoms. The van der Waals surface area contributed by atoms with Gasteiger partial charge in [0.05, 0.1) is 6.61 Å². The molecule has 4 nitrogen and oxygen atoms in total. The minimum atomic E-state index is -7.96. The van der Waals surface area contributed by atoms with Crippen molar-refractivity contribution in [2.24, 2.45) is 0 Å². The van der Waals surface area contributed by atoms with Crippen molar-refractivity contribution in [2.75, 3.05) is 0 Å². The fourth-order valence-electron chi connectivity index (χ4n) is 4.04. The molecule has 0 bridgehead atoms. The molecule has 0 aromatic heterocycles. The summed E-state index contributed by atoms with van der Waals surface area (Å²) in [6.07, 6.45) is -15.5. The summed E-state index contributed by atoms with van der Waals surface area (Å²) in [7, 11) is 0. The van der Waals surface area contributed by atoms with E-state index >= 15 is 0 Å². The van der Waals surface area contributed by atoms with Crippen molar-refractivity contribution in [3.63, 3.8) is 0 Å². The van der Waals surface area contributed by atoms with Gasteiger partial charge in [-0.15, -0.1) is 0 Å². The van der Waals surface area contributed by atoms with Crippen LogP contribution in [0.4, 0.5) is 57.1 Å². The smallest absolute Gasteiger partial charge is 0.368 e. The highest BCUT2D eigenvalue weighted by Gasteiger charge is 2.90. The van der Waals surface area contributed by atoms with E-state index in [0.29, 0.717) is 5.56 Å². The maximum atomic E-state index is 14.6. The van der Waals surface area contributed by atoms with Crippen LogP contribution in [0.1, 0.15) is 25.8 Å². The number of fused-ring (bicyclic) bond motifs is 1. The van der Waals surface area contributed by atoms with E-state index in [4.69, 9.17) is 18.9 Å². The summed E-state index contributed by atoms with van der Waals surface area (Å²) < 4.78 is 196. The number of ether oxygens (including phenoxy) is 4. The third-order valence-electron chi connectivity index (χ3n) is 6.12. The summed E-state index contributed by atoms with van der Waals surface area (Å²) in [6, 6.07) is 8.07. The van der Waals surface area contributed by atoms with Gasteiger partial charge in [0.25, 0.3) is 0 Å². The van der Waals surface area contributed by atoms with Crippen molar-refractivity contribution in [3.8, 4) is 0 Å². The first-order chi connectivity index (χ1) is 17.9. The number of halogens is 14. The van der Waals surface area contributed by atoms with E-state index in [0.717, 1.165) is 22.6 Å². The molecule has 2 aliphatic heterocycles. The monoisotopic (exact) mass is 722 g/mol. The Balaban J connectivity index is 1.86. The molecule has 0 radical (unpaired) electrons. The Labute approximate surface area is 231 Å². The van der Waals surface area contributed by atoms with Crippen molar-refractivity contribution in [1.82, 2.24) is 0 Å². The van der Waals surface area contributed by atoms with Gasteiger partial charge in [0, 0.05) is 10.3 Å². The molecule has 0 saturated carbocycles. The van der Waals surface area contributed by atoms with Gasteiger partial charge in [-0.2, -0.15) is 57.1 Å². The second-order valence-corrected chi connectivity index (χ2v) is 11.2. The molecule has 0 aliphatic carbocycles. The molecule has 0 N–H and O–H groups in total. The van der Waals surface area contributed by atoms with Crippen LogP contribution in [-0.4, -0.2) is 70.1 Å². The van der Waals surface area contributed by atoms with Crippen molar-refractivity contribution < 1.29 is 76.0 Å². The van der Waals surface area contributed by atoms with Gasteiger partial charge in [0.1, 0.15) is 18.3 Å². The Morgan fingerprint density at radius 1 is 0.800 bits per heavy atom. The highest BCUT2D eigenvalue weighted by Crippen LogP contribution is 2.61. The van der Waals surface area contributed by atoms with Crippen LogP contribution < -0.4 is 0 Å². The van der Waals surface area contributed by atoms with E-state index in [1.165, 1.54) is 13.8 Å². The van der Waals surface area contributed by atoms with Gasteiger partial charge in [0.2, 0.25) is 0 Å². The second-order valence-electron chi connectivity index (χ2n) is 9.55. The molecule has 2 aliphatic rings. The predicted octanol–water partition coefficient (Wildman–Crippen LogP) is 7.38. The van der Waals surface area contributed by atoms with E-state index in [1.807, 2.05) is 0 Å². The molecule has 1 unspecified atom stereocenters. The van der Waals surface area contributed by atoms with E-state index in [2.05, 4.69) is 0 Å². The van der Waals surface area contributed by atoms with Crippen molar-refractivity contribution in [2.45, 2.75) is 97.0 Å². The lowest BCUT2D eigenvalue weighted by Gasteiger charge is -2.40. The third kappa shape index (κ3) is 5.62. The van der Waals surface area contributed by atoms with Crippen LogP contribution in [0.3, 0.4) is 0 Å². The Morgan fingerprint density at radius 3 is 1.85 bits per heavy atom. The highest BCUT2D eigenvalue weighted by molar-refractivity contribution is 14.1. The molecular formula is C22H20F13IO4. The molecule has 18 heteroatoms. The zero-order valence-corrected chi connectivity index (χ0v) is 22.3. The fraction of sp³-hybridized carbons (Fsp3) is 0.727. The van der Waals surface area contributed by atoms with Gasteiger partial charge in [-0.25, -0.2) is 0 Å². The molecule has 0 amide bonds. The predicted molar refractivity (Wildman–Crippen MR) is 117 cm³/mol. The molecule has 3 rings (SSSR count). The molecular weight excluding hydrogens is 702 g/mol. The second kappa shape index (κ2) is 10.6. The Kier molecular flexibility index (Phi) is 8.81. The summed E-state index contributed by atoms with van der Waals surface area (Å²) in [5.41, 5.74) is 0.539. The van der Waals surface area contributed by atoms with E-state index < -0.39 is 76.5 Å². The lowest BCUT2D eigenvalue weighted by atomic mass is 9.91. The van der Waals surface area contributed by atoms with Crippen LogP contribution in [0.15, 0.2) is 30.3 Å². The lowest BCUT2D eigenvalue weighted by molar-refractivity contribution is -0.440. The number of benzene rings is 1.